The lowest BCUT2D eigenvalue weighted by atomic mass is 10.0. The van der Waals surface area contributed by atoms with Gasteiger partial charge in [-0.25, -0.2) is 4.68 Å². The van der Waals surface area contributed by atoms with E-state index in [1.807, 2.05) is 0 Å². The SMILES string of the molecule is Cc1cc2n(n1)C(c1sccc1C)Nc1c(C)cccc1-2. The van der Waals surface area contributed by atoms with Crippen LogP contribution in [0.4, 0.5) is 5.69 Å². The Kier molecular flexibility index (Phi) is 2.69. The number of anilines is 1. The average Bonchev–Trinajstić information content (AvgIpc) is 3.04. The summed E-state index contributed by atoms with van der Waals surface area (Å²) in [5.74, 6) is 0. The average molecular weight is 295 g/mol. The predicted molar refractivity (Wildman–Crippen MR) is 88.0 cm³/mol. The summed E-state index contributed by atoms with van der Waals surface area (Å²) in [5, 5.41) is 10.6. The Bertz CT molecular complexity index is 828. The largest absolute Gasteiger partial charge is 0.359 e. The van der Waals surface area contributed by atoms with E-state index in [0.29, 0.717) is 0 Å². The number of nitrogens with one attached hydrogen (secondary N) is 1. The standard InChI is InChI=1S/C17H17N3S/c1-10-5-4-6-13-14-9-12(3)19-20(14)17(18-15(10)13)16-11(2)7-8-21-16/h4-9,17-18H,1-3H3. The molecule has 4 heteroatoms. The highest BCUT2D eigenvalue weighted by Crippen LogP contribution is 2.41. The van der Waals surface area contributed by atoms with E-state index in [9.17, 15) is 0 Å². The summed E-state index contributed by atoms with van der Waals surface area (Å²) in [4.78, 5) is 1.33. The Morgan fingerprint density at radius 1 is 1.14 bits per heavy atom. The fourth-order valence-electron chi connectivity index (χ4n) is 3.03. The van der Waals surface area contributed by atoms with E-state index in [4.69, 9.17) is 5.10 Å². The molecular formula is C17H17N3S. The summed E-state index contributed by atoms with van der Waals surface area (Å²) >= 11 is 1.79. The van der Waals surface area contributed by atoms with Crippen molar-refractivity contribution in [1.82, 2.24) is 9.78 Å². The number of rotatable bonds is 1. The maximum absolute atomic E-state index is 4.72. The molecule has 4 rings (SSSR count). The number of para-hydroxylation sites is 1. The first-order valence-electron chi connectivity index (χ1n) is 7.12. The van der Waals surface area contributed by atoms with Crippen LogP contribution in [0.3, 0.4) is 0 Å². The summed E-state index contributed by atoms with van der Waals surface area (Å²) < 4.78 is 2.12. The van der Waals surface area contributed by atoms with Crippen molar-refractivity contribution >= 4 is 17.0 Å². The summed E-state index contributed by atoms with van der Waals surface area (Å²) in [6.07, 6.45) is 0.0855. The molecule has 1 aromatic carbocycles. The number of aromatic nitrogens is 2. The normalized spacial score (nSPS) is 16.2. The maximum atomic E-state index is 4.72. The topological polar surface area (TPSA) is 29.9 Å². The molecule has 1 atom stereocenters. The fraction of sp³-hybridized carbons (Fsp3) is 0.235. The van der Waals surface area contributed by atoms with Crippen LogP contribution in [-0.2, 0) is 0 Å². The molecule has 1 aliphatic heterocycles. The van der Waals surface area contributed by atoms with E-state index in [-0.39, 0.29) is 6.17 Å². The van der Waals surface area contributed by atoms with Gasteiger partial charge < -0.3 is 5.32 Å². The van der Waals surface area contributed by atoms with Crippen LogP contribution in [0, 0.1) is 20.8 Å². The molecule has 3 heterocycles. The second-order valence-corrected chi connectivity index (χ2v) is 6.58. The molecule has 0 saturated heterocycles. The fourth-order valence-corrected chi connectivity index (χ4v) is 3.99. The number of aryl methyl sites for hydroxylation is 3. The van der Waals surface area contributed by atoms with E-state index < -0.39 is 0 Å². The lowest BCUT2D eigenvalue weighted by molar-refractivity contribution is 0.576. The molecular weight excluding hydrogens is 278 g/mol. The third kappa shape index (κ3) is 1.83. The zero-order valence-corrected chi connectivity index (χ0v) is 13.2. The Morgan fingerprint density at radius 3 is 2.76 bits per heavy atom. The number of hydrogen-bond donors (Lipinski definition) is 1. The first-order chi connectivity index (χ1) is 10.1. The monoisotopic (exact) mass is 295 g/mol. The van der Waals surface area contributed by atoms with Crippen molar-refractivity contribution < 1.29 is 0 Å². The van der Waals surface area contributed by atoms with E-state index in [0.717, 1.165) is 5.69 Å². The number of fused-ring (bicyclic) bond motifs is 3. The van der Waals surface area contributed by atoms with Gasteiger partial charge in [-0.2, -0.15) is 5.10 Å². The molecule has 21 heavy (non-hydrogen) atoms. The molecule has 0 fully saturated rings. The number of nitrogens with zero attached hydrogens (tertiary/aromatic N) is 2. The lowest BCUT2D eigenvalue weighted by Gasteiger charge is -2.30. The zero-order valence-electron chi connectivity index (χ0n) is 12.3. The van der Waals surface area contributed by atoms with Gasteiger partial charge in [-0.3, -0.25) is 0 Å². The van der Waals surface area contributed by atoms with Gasteiger partial charge in [0.25, 0.3) is 0 Å². The number of thiophene rings is 1. The van der Waals surface area contributed by atoms with Crippen molar-refractivity contribution in [1.29, 1.82) is 0 Å². The minimum absolute atomic E-state index is 0.0855. The Balaban J connectivity index is 1.97. The molecule has 0 spiro atoms. The van der Waals surface area contributed by atoms with Gasteiger partial charge in [0.05, 0.1) is 16.3 Å². The third-order valence-corrected chi connectivity index (χ3v) is 5.15. The van der Waals surface area contributed by atoms with Crippen molar-refractivity contribution in [3.05, 3.63) is 57.4 Å². The van der Waals surface area contributed by atoms with Crippen molar-refractivity contribution in [2.75, 3.05) is 5.32 Å². The second-order valence-electron chi connectivity index (χ2n) is 5.63. The lowest BCUT2D eigenvalue weighted by Crippen LogP contribution is -2.26. The van der Waals surface area contributed by atoms with Crippen molar-refractivity contribution in [2.24, 2.45) is 0 Å². The van der Waals surface area contributed by atoms with E-state index >= 15 is 0 Å². The highest BCUT2D eigenvalue weighted by molar-refractivity contribution is 7.10. The minimum atomic E-state index is 0.0855. The molecule has 0 aliphatic carbocycles. The molecule has 3 aromatic rings. The van der Waals surface area contributed by atoms with Gasteiger partial charge in [-0.1, -0.05) is 18.2 Å². The minimum Gasteiger partial charge on any atom is -0.359 e. The molecule has 0 bridgehead atoms. The summed E-state index contributed by atoms with van der Waals surface area (Å²) in [6.45, 7) is 6.37. The third-order valence-electron chi connectivity index (χ3n) is 4.08. The van der Waals surface area contributed by atoms with Crippen LogP contribution in [-0.4, -0.2) is 9.78 Å². The van der Waals surface area contributed by atoms with Crippen LogP contribution in [0.15, 0.2) is 35.7 Å². The van der Waals surface area contributed by atoms with E-state index in [1.54, 1.807) is 11.3 Å². The first kappa shape index (κ1) is 12.7. The molecule has 1 unspecified atom stereocenters. The van der Waals surface area contributed by atoms with Crippen LogP contribution >= 0.6 is 11.3 Å². The molecule has 2 aromatic heterocycles. The van der Waals surface area contributed by atoms with E-state index in [1.165, 1.54) is 32.9 Å². The van der Waals surface area contributed by atoms with Crippen LogP contribution in [0.2, 0.25) is 0 Å². The smallest absolute Gasteiger partial charge is 0.156 e. The molecule has 3 nitrogen and oxygen atoms in total. The van der Waals surface area contributed by atoms with Crippen molar-refractivity contribution in [3.63, 3.8) is 0 Å². The van der Waals surface area contributed by atoms with Gasteiger partial charge in [0.2, 0.25) is 0 Å². The Hall–Kier alpha value is -2.07. The first-order valence-corrected chi connectivity index (χ1v) is 8.00. The molecule has 1 aliphatic rings. The van der Waals surface area contributed by atoms with Crippen molar-refractivity contribution in [2.45, 2.75) is 26.9 Å². The molecule has 0 radical (unpaired) electrons. The number of benzene rings is 1. The summed E-state index contributed by atoms with van der Waals surface area (Å²) in [7, 11) is 0. The maximum Gasteiger partial charge on any atom is 0.156 e. The van der Waals surface area contributed by atoms with E-state index in [2.05, 4.69) is 66.5 Å². The Labute approximate surface area is 128 Å². The molecule has 106 valence electrons. The van der Waals surface area contributed by atoms with Crippen LogP contribution < -0.4 is 5.32 Å². The van der Waals surface area contributed by atoms with Crippen LogP contribution in [0.5, 0.6) is 0 Å². The highest BCUT2D eigenvalue weighted by atomic mass is 32.1. The van der Waals surface area contributed by atoms with Crippen LogP contribution in [0.25, 0.3) is 11.3 Å². The summed E-state index contributed by atoms with van der Waals surface area (Å²) in [6, 6.07) is 10.8. The molecule has 1 N–H and O–H groups in total. The van der Waals surface area contributed by atoms with Gasteiger partial charge >= 0.3 is 0 Å². The van der Waals surface area contributed by atoms with Crippen molar-refractivity contribution in [3.8, 4) is 11.3 Å². The zero-order chi connectivity index (χ0) is 14.6. The molecule has 0 saturated carbocycles. The van der Waals surface area contributed by atoms with Crippen LogP contribution in [0.1, 0.15) is 27.9 Å². The predicted octanol–water partition coefficient (Wildman–Crippen LogP) is 4.51. The van der Waals surface area contributed by atoms with Gasteiger partial charge in [0, 0.05) is 11.3 Å². The highest BCUT2D eigenvalue weighted by Gasteiger charge is 2.28. The van der Waals surface area contributed by atoms with Gasteiger partial charge in [0.1, 0.15) is 0 Å². The number of hydrogen-bond acceptors (Lipinski definition) is 3. The Morgan fingerprint density at radius 2 is 2.00 bits per heavy atom. The van der Waals surface area contributed by atoms with Gasteiger partial charge in [-0.05, 0) is 49.4 Å². The summed E-state index contributed by atoms with van der Waals surface area (Å²) in [5.41, 5.74) is 7.30. The molecule has 0 amide bonds. The quantitative estimate of drug-likeness (QED) is 0.716. The van der Waals surface area contributed by atoms with Gasteiger partial charge in [0.15, 0.2) is 6.17 Å². The van der Waals surface area contributed by atoms with Gasteiger partial charge in [-0.15, -0.1) is 11.3 Å². The second kappa shape index (κ2) is 4.46.